The number of likely N-dealkylation sites (tertiary alicyclic amines) is 1. The lowest BCUT2D eigenvalue weighted by Gasteiger charge is -2.22. The molecule has 2 unspecified atom stereocenters. The van der Waals surface area contributed by atoms with Crippen LogP contribution in [0.3, 0.4) is 0 Å². The van der Waals surface area contributed by atoms with Crippen LogP contribution < -0.4 is 10.6 Å². The largest absolute Gasteiger partial charge is 0.356 e. The maximum absolute atomic E-state index is 12.1. The Morgan fingerprint density at radius 2 is 2.04 bits per heavy atom. The van der Waals surface area contributed by atoms with Crippen molar-refractivity contribution in [2.75, 3.05) is 40.8 Å². The van der Waals surface area contributed by atoms with E-state index in [4.69, 9.17) is 0 Å². The van der Waals surface area contributed by atoms with Crippen molar-refractivity contribution in [3.63, 3.8) is 0 Å². The molecule has 2 atom stereocenters. The Balaban J connectivity index is 0.00000392. The van der Waals surface area contributed by atoms with Crippen molar-refractivity contribution in [1.29, 1.82) is 0 Å². The van der Waals surface area contributed by atoms with Gasteiger partial charge in [0.2, 0.25) is 0 Å². The van der Waals surface area contributed by atoms with Gasteiger partial charge < -0.3 is 15.5 Å². The van der Waals surface area contributed by atoms with Crippen LogP contribution in [0.15, 0.2) is 29.3 Å². The van der Waals surface area contributed by atoms with E-state index in [-0.39, 0.29) is 29.9 Å². The molecule has 1 aromatic carbocycles. The minimum absolute atomic E-state index is 0. The molecule has 1 aliphatic heterocycles. The molecule has 0 spiro atoms. The van der Waals surface area contributed by atoms with Crippen LogP contribution in [-0.4, -0.2) is 74.5 Å². The zero-order valence-electron chi connectivity index (χ0n) is 18.0. The van der Waals surface area contributed by atoms with Gasteiger partial charge in [0.15, 0.2) is 5.96 Å². The summed E-state index contributed by atoms with van der Waals surface area (Å²) in [5, 5.41) is 6.97. The van der Waals surface area contributed by atoms with Crippen LogP contribution in [-0.2, 0) is 6.42 Å². The minimum atomic E-state index is 0. The van der Waals surface area contributed by atoms with Crippen LogP contribution in [0.4, 0.5) is 0 Å². The molecule has 1 saturated heterocycles. The Morgan fingerprint density at radius 3 is 2.61 bits per heavy atom. The molecule has 28 heavy (non-hydrogen) atoms. The maximum atomic E-state index is 12.1. The molecule has 1 aliphatic rings. The van der Waals surface area contributed by atoms with E-state index in [0.717, 1.165) is 43.1 Å². The number of carbonyl (C=O) groups is 1. The minimum Gasteiger partial charge on any atom is -0.356 e. The highest BCUT2D eigenvalue weighted by Gasteiger charge is 2.31. The number of benzene rings is 1. The van der Waals surface area contributed by atoms with Gasteiger partial charge in [0, 0.05) is 58.4 Å². The molecule has 1 aromatic rings. The van der Waals surface area contributed by atoms with Gasteiger partial charge in [-0.2, -0.15) is 0 Å². The second-order valence-corrected chi connectivity index (χ2v) is 7.92. The van der Waals surface area contributed by atoms with Gasteiger partial charge in [-0.05, 0) is 43.9 Å². The van der Waals surface area contributed by atoms with Crippen molar-refractivity contribution < 1.29 is 4.79 Å². The molecule has 1 heterocycles. The predicted molar refractivity (Wildman–Crippen MR) is 128 cm³/mol. The van der Waals surface area contributed by atoms with E-state index >= 15 is 0 Å². The first-order valence-corrected chi connectivity index (χ1v) is 9.83. The van der Waals surface area contributed by atoms with Crippen LogP contribution >= 0.6 is 24.0 Å². The third kappa shape index (κ3) is 6.92. The van der Waals surface area contributed by atoms with Gasteiger partial charge >= 0.3 is 0 Å². The molecule has 0 bridgehead atoms. The number of halogens is 1. The molecule has 0 saturated carbocycles. The van der Waals surface area contributed by atoms with Crippen molar-refractivity contribution in [3.05, 3.63) is 35.4 Å². The average molecular weight is 501 g/mol. The molecule has 0 aromatic heterocycles. The lowest BCUT2D eigenvalue weighted by Crippen LogP contribution is -2.47. The molecule has 2 rings (SSSR count). The molecule has 6 nitrogen and oxygen atoms in total. The van der Waals surface area contributed by atoms with E-state index in [1.54, 1.807) is 19.0 Å². The fourth-order valence-electron chi connectivity index (χ4n) is 3.43. The number of guanidine groups is 1. The smallest absolute Gasteiger partial charge is 0.253 e. The molecule has 7 heteroatoms. The van der Waals surface area contributed by atoms with Crippen molar-refractivity contribution in [2.24, 2.45) is 10.9 Å². The fourth-order valence-corrected chi connectivity index (χ4v) is 3.43. The highest BCUT2D eigenvalue weighted by atomic mass is 127. The Morgan fingerprint density at radius 1 is 1.32 bits per heavy atom. The SMILES string of the molecule is CN=C(NCCc1cccc(C(=O)N(C)C)c1)NC1CN(C(C)C)CC1C.I. The average Bonchev–Trinajstić information content (AvgIpc) is 3.01. The number of hydrogen-bond donors (Lipinski definition) is 2. The molecule has 1 fully saturated rings. The number of rotatable bonds is 6. The van der Waals surface area contributed by atoms with Gasteiger partial charge in [-0.15, -0.1) is 24.0 Å². The quantitative estimate of drug-likeness (QED) is 0.357. The third-order valence-electron chi connectivity index (χ3n) is 5.20. The molecular formula is C21H36IN5O. The summed E-state index contributed by atoms with van der Waals surface area (Å²) in [5.41, 5.74) is 1.87. The van der Waals surface area contributed by atoms with E-state index < -0.39 is 0 Å². The molecule has 1 amide bonds. The third-order valence-corrected chi connectivity index (χ3v) is 5.20. The van der Waals surface area contributed by atoms with Crippen LogP contribution in [0.25, 0.3) is 0 Å². The normalized spacial score (nSPS) is 20.0. The number of aliphatic imine (C=N–C) groups is 1. The molecule has 0 radical (unpaired) electrons. The monoisotopic (exact) mass is 501 g/mol. The summed E-state index contributed by atoms with van der Waals surface area (Å²) in [5.74, 6) is 1.48. The lowest BCUT2D eigenvalue weighted by atomic mass is 10.1. The highest BCUT2D eigenvalue weighted by molar-refractivity contribution is 14.0. The summed E-state index contributed by atoms with van der Waals surface area (Å²) < 4.78 is 0. The Labute approximate surface area is 187 Å². The first-order valence-electron chi connectivity index (χ1n) is 9.83. The molecule has 158 valence electrons. The number of carbonyl (C=O) groups excluding carboxylic acids is 1. The van der Waals surface area contributed by atoms with Gasteiger partial charge in [-0.1, -0.05) is 19.1 Å². The van der Waals surface area contributed by atoms with Crippen LogP contribution in [0, 0.1) is 5.92 Å². The van der Waals surface area contributed by atoms with E-state index in [2.05, 4.69) is 47.4 Å². The van der Waals surface area contributed by atoms with Gasteiger partial charge in [0.25, 0.3) is 5.91 Å². The van der Waals surface area contributed by atoms with Crippen LogP contribution in [0.2, 0.25) is 0 Å². The van der Waals surface area contributed by atoms with E-state index in [1.165, 1.54) is 0 Å². The number of amides is 1. The van der Waals surface area contributed by atoms with Crippen molar-refractivity contribution in [1.82, 2.24) is 20.4 Å². The van der Waals surface area contributed by atoms with E-state index in [1.807, 2.05) is 25.2 Å². The molecule has 0 aliphatic carbocycles. The van der Waals surface area contributed by atoms with Gasteiger partial charge in [0.1, 0.15) is 0 Å². The molecule has 2 N–H and O–H groups in total. The van der Waals surface area contributed by atoms with Crippen molar-refractivity contribution in [2.45, 2.75) is 39.3 Å². The number of nitrogens with zero attached hydrogens (tertiary/aromatic N) is 3. The van der Waals surface area contributed by atoms with Crippen molar-refractivity contribution >= 4 is 35.8 Å². The van der Waals surface area contributed by atoms with Crippen molar-refractivity contribution in [3.8, 4) is 0 Å². The number of hydrogen-bond acceptors (Lipinski definition) is 3. The first kappa shape index (κ1) is 24.7. The van der Waals surface area contributed by atoms with Crippen LogP contribution in [0.1, 0.15) is 36.7 Å². The summed E-state index contributed by atoms with van der Waals surface area (Å²) in [6.07, 6.45) is 0.841. The first-order chi connectivity index (χ1) is 12.8. The highest BCUT2D eigenvalue weighted by Crippen LogP contribution is 2.18. The topological polar surface area (TPSA) is 60.0 Å². The standard InChI is InChI=1S/C21H35N5O.HI/c1-15(2)26-13-16(3)19(14-26)24-21(22-4)23-11-10-17-8-7-9-18(12-17)20(27)25(5)6;/h7-9,12,15-16,19H,10-11,13-14H2,1-6H3,(H2,22,23,24);1H. The number of nitrogens with one attached hydrogen (secondary N) is 2. The second kappa shape index (κ2) is 11.6. The lowest BCUT2D eigenvalue weighted by molar-refractivity contribution is 0.0827. The maximum Gasteiger partial charge on any atom is 0.253 e. The molecular weight excluding hydrogens is 465 g/mol. The van der Waals surface area contributed by atoms with Gasteiger partial charge in [-0.25, -0.2) is 0 Å². The Bertz CT molecular complexity index is 662. The van der Waals surface area contributed by atoms with Gasteiger partial charge in [0.05, 0.1) is 0 Å². The fraction of sp³-hybridized carbons (Fsp3) is 0.619. The second-order valence-electron chi connectivity index (χ2n) is 7.92. The zero-order chi connectivity index (χ0) is 20.0. The zero-order valence-corrected chi connectivity index (χ0v) is 20.4. The van der Waals surface area contributed by atoms with E-state index in [9.17, 15) is 4.79 Å². The van der Waals surface area contributed by atoms with Gasteiger partial charge in [-0.3, -0.25) is 14.7 Å². The van der Waals surface area contributed by atoms with E-state index in [0.29, 0.717) is 18.0 Å². The summed E-state index contributed by atoms with van der Waals surface area (Å²) in [6, 6.07) is 8.83. The summed E-state index contributed by atoms with van der Waals surface area (Å²) >= 11 is 0. The Hall–Kier alpha value is -1.35. The summed E-state index contributed by atoms with van der Waals surface area (Å²) in [4.78, 5) is 20.6. The predicted octanol–water partition coefficient (Wildman–Crippen LogP) is 2.44. The summed E-state index contributed by atoms with van der Waals surface area (Å²) in [7, 11) is 5.36. The summed E-state index contributed by atoms with van der Waals surface area (Å²) in [6.45, 7) is 9.73. The Kier molecular flexibility index (Phi) is 10.2. The van der Waals surface area contributed by atoms with Crippen LogP contribution in [0.5, 0.6) is 0 Å².